The molecule has 0 radical (unpaired) electrons. The Morgan fingerprint density at radius 2 is 2.21 bits per heavy atom. The molecule has 0 aliphatic carbocycles. The predicted molar refractivity (Wildman–Crippen MR) is 53.0 cm³/mol. The Morgan fingerprint density at radius 3 is 3.00 bits per heavy atom. The molecule has 0 fully saturated rings. The van der Waals surface area contributed by atoms with E-state index in [-0.39, 0.29) is 6.61 Å². The number of carbonyl (C=O) groups is 1. The summed E-state index contributed by atoms with van der Waals surface area (Å²) in [5.41, 5.74) is 5.96. The minimum Gasteiger partial charge on any atom is -0.482 e. The van der Waals surface area contributed by atoms with Gasteiger partial charge in [0.05, 0.1) is 0 Å². The molecule has 0 atom stereocenters. The molecule has 0 saturated carbocycles. The molecular formula is C10H10N2O2. The zero-order valence-electron chi connectivity index (χ0n) is 7.49. The summed E-state index contributed by atoms with van der Waals surface area (Å²) in [7, 11) is 0. The van der Waals surface area contributed by atoms with Crippen molar-refractivity contribution < 1.29 is 9.53 Å². The number of nitrogens with one attached hydrogen (secondary N) is 1. The summed E-state index contributed by atoms with van der Waals surface area (Å²) >= 11 is 0. The highest BCUT2D eigenvalue weighted by Gasteiger charge is 2.04. The summed E-state index contributed by atoms with van der Waals surface area (Å²) in [6.07, 6.45) is 1.72. The molecule has 1 heterocycles. The van der Waals surface area contributed by atoms with Crippen molar-refractivity contribution in [3.8, 4) is 5.75 Å². The second-order valence-corrected chi connectivity index (χ2v) is 2.95. The molecule has 1 amide bonds. The molecule has 0 saturated heterocycles. The van der Waals surface area contributed by atoms with E-state index in [0.29, 0.717) is 5.75 Å². The summed E-state index contributed by atoms with van der Waals surface area (Å²) in [5.74, 6) is 0.176. The second-order valence-electron chi connectivity index (χ2n) is 2.95. The maximum Gasteiger partial charge on any atom is 0.255 e. The quantitative estimate of drug-likeness (QED) is 0.759. The van der Waals surface area contributed by atoms with Gasteiger partial charge in [0.25, 0.3) is 5.91 Å². The highest BCUT2D eigenvalue weighted by Crippen LogP contribution is 2.24. The standard InChI is InChI=1S/C10H10N2O2/c11-10(13)6-14-9-5-12-8-4-2-1-3-7(8)9/h1-5,12H,6H2,(H2,11,13). The van der Waals surface area contributed by atoms with Gasteiger partial charge in [0.15, 0.2) is 6.61 Å². The normalized spacial score (nSPS) is 10.3. The van der Waals surface area contributed by atoms with Gasteiger partial charge in [-0.3, -0.25) is 4.79 Å². The summed E-state index contributed by atoms with van der Waals surface area (Å²) in [6, 6.07) is 7.69. The minimum absolute atomic E-state index is 0.0954. The minimum atomic E-state index is -0.477. The first kappa shape index (κ1) is 8.62. The second kappa shape index (κ2) is 3.41. The van der Waals surface area contributed by atoms with Gasteiger partial charge in [0, 0.05) is 17.1 Å². The number of hydrogen-bond donors (Lipinski definition) is 2. The molecule has 0 aliphatic heterocycles. The van der Waals surface area contributed by atoms with E-state index in [1.165, 1.54) is 0 Å². The number of carbonyl (C=O) groups excluding carboxylic acids is 1. The van der Waals surface area contributed by atoms with Crippen molar-refractivity contribution in [1.29, 1.82) is 0 Å². The number of aromatic nitrogens is 1. The molecule has 1 aromatic heterocycles. The van der Waals surface area contributed by atoms with Crippen LogP contribution in [-0.4, -0.2) is 17.5 Å². The molecule has 14 heavy (non-hydrogen) atoms. The number of H-pyrrole nitrogens is 1. The van der Waals surface area contributed by atoms with Gasteiger partial charge in [0.2, 0.25) is 0 Å². The lowest BCUT2D eigenvalue weighted by Crippen LogP contribution is -2.19. The van der Waals surface area contributed by atoms with Crippen LogP contribution in [0.25, 0.3) is 10.9 Å². The molecule has 4 nitrogen and oxygen atoms in total. The van der Waals surface area contributed by atoms with Gasteiger partial charge >= 0.3 is 0 Å². The number of nitrogens with two attached hydrogens (primary N) is 1. The van der Waals surface area contributed by atoms with E-state index in [1.807, 2.05) is 24.3 Å². The van der Waals surface area contributed by atoms with Gasteiger partial charge in [-0.1, -0.05) is 12.1 Å². The number of hydrogen-bond acceptors (Lipinski definition) is 2. The van der Waals surface area contributed by atoms with Crippen LogP contribution in [0, 0.1) is 0 Å². The lowest BCUT2D eigenvalue weighted by molar-refractivity contribution is -0.119. The van der Waals surface area contributed by atoms with Crippen molar-refractivity contribution in [3.63, 3.8) is 0 Å². The molecule has 0 spiro atoms. The summed E-state index contributed by atoms with van der Waals surface area (Å²) in [4.78, 5) is 13.6. The zero-order valence-corrected chi connectivity index (χ0v) is 7.49. The van der Waals surface area contributed by atoms with Crippen LogP contribution < -0.4 is 10.5 Å². The van der Waals surface area contributed by atoms with Gasteiger partial charge in [-0.2, -0.15) is 0 Å². The van der Waals surface area contributed by atoms with Crippen LogP contribution in [0.1, 0.15) is 0 Å². The number of ether oxygens (including phenoxy) is 1. The van der Waals surface area contributed by atoms with Crippen molar-refractivity contribution in [2.24, 2.45) is 5.73 Å². The van der Waals surface area contributed by atoms with Gasteiger partial charge in [-0.25, -0.2) is 0 Å². The fraction of sp³-hybridized carbons (Fsp3) is 0.100. The first-order valence-electron chi connectivity index (χ1n) is 4.24. The SMILES string of the molecule is NC(=O)COc1c[nH]c2ccccc12. The van der Waals surface area contributed by atoms with Crippen LogP contribution >= 0.6 is 0 Å². The Kier molecular flexibility index (Phi) is 2.10. The Hall–Kier alpha value is -1.97. The maximum atomic E-state index is 10.5. The third-order valence-corrected chi connectivity index (χ3v) is 1.92. The molecular weight excluding hydrogens is 180 g/mol. The largest absolute Gasteiger partial charge is 0.482 e. The van der Waals surface area contributed by atoms with Crippen molar-refractivity contribution in [2.45, 2.75) is 0 Å². The van der Waals surface area contributed by atoms with Gasteiger partial charge in [0.1, 0.15) is 5.75 Å². The Bertz CT molecular complexity index is 462. The van der Waals surface area contributed by atoms with E-state index in [9.17, 15) is 4.79 Å². The fourth-order valence-corrected chi connectivity index (χ4v) is 1.31. The highest BCUT2D eigenvalue weighted by molar-refractivity contribution is 5.86. The number of primary amides is 1. The topological polar surface area (TPSA) is 68.1 Å². The maximum absolute atomic E-state index is 10.5. The van der Waals surface area contributed by atoms with E-state index in [1.54, 1.807) is 6.20 Å². The smallest absolute Gasteiger partial charge is 0.255 e. The molecule has 3 N–H and O–H groups in total. The van der Waals surface area contributed by atoms with Crippen molar-refractivity contribution in [3.05, 3.63) is 30.5 Å². The van der Waals surface area contributed by atoms with Crippen molar-refractivity contribution in [2.75, 3.05) is 6.61 Å². The van der Waals surface area contributed by atoms with Crippen LogP contribution in [0.15, 0.2) is 30.5 Å². The van der Waals surface area contributed by atoms with E-state index in [4.69, 9.17) is 10.5 Å². The van der Waals surface area contributed by atoms with E-state index >= 15 is 0 Å². The summed E-state index contributed by atoms with van der Waals surface area (Å²) < 4.78 is 5.21. The van der Waals surface area contributed by atoms with Crippen molar-refractivity contribution in [1.82, 2.24) is 4.98 Å². The number of fused-ring (bicyclic) bond motifs is 1. The zero-order chi connectivity index (χ0) is 9.97. The molecule has 0 aliphatic rings. The van der Waals surface area contributed by atoms with Crippen LogP contribution in [0.2, 0.25) is 0 Å². The van der Waals surface area contributed by atoms with Gasteiger partial charge in [-0.05, 0) is 12.1 Å². The average molecular weight is 190 g/mol. The number of aromatic amines is 1. The van der Waals surface area contributed by atoms with Crippen LogP contribution in [-0.2, 0) is 4.79 Å². The lowest BCUT2D eigenvalue weighted by atomic mass is 10.2. The van der Waals surface area contributed by atoms with Gasteiger partial charge in [-0.15, -0.1) is 0 Å². The first-order chi connectivity index (χ1) is 6.77. The van der Waals surface area contributed by atoms with Crippen molar-refractivity contribution >= 4 is 16.8 Å². The number of para-hydroxylation sites is 1. The molecule has 4 heteroatoms. The summed E-state index contributed by atoms with van der Waals surface area (Å²) in [5, 5.41) is 0.953. The molecule has 72 valence electrons. The number of rotatable bonds is 3. The van der Waals surface area contributed by atoms with E-state index in [0.717, 1.165) is 10.9 Å². The molecule has 0 unspecified atom stereocenters. The highest BCUT2D eigenvalue weighted by atomic mass is 16.5. The Morgan fingerprint density at radius 1 is 1.43 bits per heavy atom. The van der Waals surface area contributed by atoms with Crippen LogP contribution in [0.4, 0.5) is 0 Å². The summed E-state index contributed by atoms with van der Waals surface area (Å²) in [6.45, 7) is -0.0954. The Balaban J connectivity index is 2.29. The predicted octanol–water partition coefficient (Wildman–Crippen LogP) is 1.03. The molecule has 0 bridgehead atoms. The fourth-order valence-electron chi connectivity index (χ4n) is 1.31. The van der Waals surface area contributed by atoms with E-state index < -0.39 is 5.91 Å². The van der Waals surface area contributed by atoms with Crippen LogP contribution in [0.3, 0.4) is 0 Å². The first-order valence-corrected chi connectivity index (χ1v) is 4.24. The van der Waals surface area contributed by atoms with Crippen LogP contribution in [0.5, 0.6) is 5.75 Å². The monoisotopic (exact) mass is 190 g/mol. The third kappa shape index (κ3) is 1.54. The Labute approximate surface area is 80.7 Å². The lowest BCUT2D eigenvalue weighted by Gasteiger charge is -2.00. The van der Waals surface area contributed by atoms with E-state index in [2.05, 4.69) is 4.98 Å². The third-order valence-electron chi connectivity index (χ3n) is 1.92. The number of amides is 1. The molecule has 2 aromatic rings. The van der Waals surface area contributed by atoms with Gasteiger partial charge < -0.3 is 15.5 Å². The molecule has 2 rings (SSSR count). The molecule has 1 aromatic carbocycles. The average Bonchev–Trinajstić information content (AvgIpc) is 2.58. The number of benzene rings is 1.